The van der Waals surface area contributed by atoms with Gasteiger partial charge >= 0.3 is 11.9 Å². The maximum Gasteiger partial charge on any atom is 0.330 e. The van der Waals surface area contributed by atoms with Crippen LogP contribution in [0.2, 0.25) is 0 Å². The number of allylic oxidation sites excluding steroid dienone is 1. The standard InChI is InChI=1S/C23H32O5/c1-3-5-6-7-17-26-19-13-15-21(16-14-19)28-23(25)18-9-11-20(12-10-18)27-22(24)8-4-2/h4,8,13-16,18,20H,3,5-7,9-12,17H2,1-2H3/t18-,20-. The second-order valence-corrected chi connectivity index (χ2v) is 7.21. The van der Waals surface area contributed by atoms with E-state index in [4.69, 9.17) is 14.2 Å². The van der Waals surface area contributed by atoms with Crippen LogP contribution < -0.4 is 9.47 Å². The first kappa shape index (κ1) is 22.0. The molecule has 0 atom stereocenters. The van der Waals surface area contributed by atoms with E-state index in [9.17, 15) is 9.59 Å². The van der Waals surface area contributed by atoms with Crippen LogP contribution in [0.3, 0.4) is 0 Å². The highest BCUT2D eigenvalue weighted by Crippen LogP contribution is 2.28. The Morgan fingerprint density at radius 1 is 1.00 bits per heavy atom. The Kier molecular flexibility index (Phi) is 9.60. The molecule has 0 spiro atoms. The van der Waals surface area contributed by atoms with E-state index in [0.29, 0.717) is 38.0 Å². The summed E-state index contributed by atoms with van der Waals surface area (Å²) in [4.78, 5) is 23.9. The van der Waals surface area contributed by atoms with Crippen LogP contribution >= 0.6 is 0 Å². The number of benzene rings is 1. The second-order valence-electron chi connectivity index (χ2n) is 7.21. The van der Waals surface area contributed by atoms with Gasteiger partial charge in [0.05, 0.1) is 12.5 Å². The van der Waals surface area contributed by atoms with Crippen molar-refractivity contribution in [1.29, 1.82) is 0 Å². The van der Waals surface area contributed by atoms with Crippen LogP contribution in [0.15, 0.2) is 36.4 Å². The minimum absolute atomic E-state index is 0.110. The molecule has 5 heteroatoms. The summed E-state index contributed by atoms with van der Waals surface area (Å²) in [6.07, 6.45) is 10.4. The fraction of sp³-hybridized carbons (Fsp3) is 0.565. The van der Waals surface area contributed by atoms with Gasteiger partial charge in [-0.3, -0.25) is 4.79 Å². The lowest BCUT2D eigenvalue weighted by Gasteiger charge is -2.26. The second kappa shape index (κ2) is 12.2. The van der Waals surface area contributed by atoms with Crippen molar-refractivity contribution in [1.82, 2.24) is 0 Å². The summed E-state index contributed by atoms with van der Waals surface area (Å²) < 4.78 is 16.6. The topological polar surface area (TPSA) is 61.8 Å². The minimum atomic E-state index is -0.318. The molecule has 0 bridgehead atoms. The molecule has 154 valence electrons. The van der Waals surface area contributed by atoms with Crippen LogP contribution in [-0.2, 0) is 14.3 Å². The van der Waals surface area contributed by atoms with Gasteiger partial charge < -0.3 is 14.2 Å². The number of rotatable bonds is 10. The van der Waals surface area contributed by atoms with Gasteiger partial charge in [0.2, 0.25) is 0 Å². The highest BCUT2D eigenvalue weighted by atomic mass is 16.5. The minimum Gasteiger partial charge on any atom is -0.494 e. The Morgan fingerprint density at radius 3 is 2.32 bits per heavy atom. The highest BCUT2D eigenvalue weighted by Gasteiger charge is 2.29. The maximum absolute atomic E-state index is 12.4. The third-order valence-corrected chi connectivity index (χ3v) is 4.90. The van der Waals surface area contributed by atoms with Gasteiger partial charge in [-0.15, -0.1) is 0 Å². The molecule has 0 amide bonds. The van der Waals surface area contributed by atoms with E-state index < -0.39 is 0 Å². The Labute approximate surface area is 168 Å². The average Bonchev–Trinajstić information content (AvgIpc) is 2.70. The van der Waals surface area contributed by atoms with Crippen molar-refractivity contribution < 1.29 is 23.8 Å². The van der Waals surface area contributed by atoms with Crippen molar-refractivity contribution in [2.45, 2.75) is 71.3 Å². The number of hydrogen-bond acceptors (Lipinski definition) is 5. The third-order valence-electron chi connectivity index (χ3n) is 4.90. The zero-order valence-corrected chi connectivity index (χ0v) is 17.0. The van der Waals surface area contributed by atoms with Gasteiger partial charge in [-0.1, -0.05) is 32.3 Å². The van der Waals surface area contributed by atoms with Gasteiger partial charge in [-0.25, -0.2) is 4.79 Å². The SMILES string of the molecule is CC=CC(=O)O[C@H]1CC[C@H](C(=O)Oc2ccc(OCCCCCC)cc2)CC1. The van der Waals surface area contributed by atoms with Crippen LogP contribution in [0.1, 0.15) is 65.2 Å². The molecular weight excluding hydrogens is 356 g/mol. The Hall–Kier alpha value is -2.30. The van der Waals surface area contributed by atoms with Crippen molar-refractivity contribution in [3.63, 3.8) is 0 Å². The molecule has 5 nitrogen and oxygen atoms in total. The number of carbonyl (C=O) groups excluding carboxylic acids is 2. The van der Waals surface area contributed by atoms with Crippen LogP contribution in [0.5, 0.6) is 11.5 Å². The van der Waals surface area contributed by atoms with Crippen molar-refractivity contribution in [3.05, 3.63) is 36.4 Å². The lowest BCUT2D eigenvalue weighted by molar-refractivity contribution is -0.147. The molecule has 1 saturated carbocycles. The normalized spacial score (nSPS) is 19.4. The Balaban J connectivity index is 1.70. The molecule has 28 heavy (non-hydrogen) atoms. The maximum atomic E-state index is 12.4. The van der Waals surface area contributed by atoms with Gasteiger partial charge in [0, 0.05) is 6.08 Å². The molecule has 0 radical (unpaired) electrons. The van der Waals surface area contributed by atoms with Crippen LogP contribution in [0, 0.1) is 5.92 Å². The van der Waals surface area contributed by atoms with E-state index in [2.05, 4.69) is 6.92 Å². The molecule has 1 aromatic rings. The number of carbonyl (C=O) groups is 2. The monoisotopic (exact) mass is 388 g/mol. The Morgan fingerprint density at radius 2 is 1.68 bits per heavy atom. The first-order valence-electron chi connectivity index (χ1n) is 10.4. The predicted molar refractivity (Wildman–Crippen MR) is 108 cm³/mol. The molecule has 1 aromatic carbocycles. The number of unbranched alkanes of at least 4 members (excludes halogenated alkanes) is 3. The summed E-state index contributed by atoms with van der Waals surface area (Å²) in [5.74, 6) is 0.642. The molecule has 2 rings (SSSR count). The van der Waals surface area contributed by atoms with Crippen LogP contribution in [-0.4, -0.2) is 24.6 Å². The van der Waals surface area contributed by atoms with Crippen molar-refractivity contribution >= 4 is 11.9 Å². The summed E-state index contributed by atoms with van der Waals surface area (Å²) in [6, 6.07) is 7.20. The first-order chi connectivity index (χ1) is 13.6. The molecule has 1 aliphatic rings. The van der Waals surface area contributed by atoms with Gasteiger partial charge in [-0.05, 0) is 63.3 Å². The van der Waals surface area contributed by atoms with E-state index >= 15 is 0 Å². The third kappa shape index (κ3) is 7.75. The van der Waals surface area contributed by atoms with Gasteiger partial charge in [-0.2, -0.15) is 0 Å². The number of esters is 2. The average molecular weight is 389 g/mol. The van der Waals surface area contributed by atoms with Crippen molar-refractivity contribution in [2.75, 3.05) is 6.61 Å². The highest BCUT2D eigenvalue weighted by molar-refractivity contribution is 5.82. The van der Waals surface area contributed by atoms with E-state index in [1.807, 2.05) is 12.1 Å². The molecule has 0 unspecified atom stereocenters. The lowest BCUT2D eigenvalue weighted by atomic mass is 9.87. The lowest BCUT2D eigenvalue weighted by Crippen LogP contribution is -2.29. The molecule has 0 aliphatic heterocycles. The fourth-order valence-electron chi connectivity index (χ4n) is 3.28. The smallest absolute Gasteiger partial charge is 0.330 e. The molecule has 0 heterocycles. The van der Waals surface area contributed by atoms with Crippen molar-refractivity contribution in [3.8, 4) is 11.5 Å². The molecular formula is C23H32O5. The summed E-state index contributed by atoms with van der Waals surface area (Å²) in [5.41, 5.74) is 0. The van der Waals surface area contributed by atoms with E-state index in [0.717, 1.165) is 12.2 Å². The largest absolute Gasteiger partial charge is 0.494 e. The summed E-state index contributed by atoms with van der Waals surface area (Å²) >= 11 is 0. The summed E-state index contributed by atoms with van der Waals surface area (Å²) in [6.45, 7) is 4.67. The molecule has 1 aliphatic carbocycles. The number of ether oxygens (including phenoxy) is 3. The van der Waals surface area contributed by atoms with E-state index in [-0.39, 0.29) is 24.0 Å². The Bertz CT molecular complexity index is 627. The van der Waals surface area contributed by atoms with Crippen molar-refractivity contribution in [2.24, 2.45) is 5.92 Å². The zero-order valence-electron chi connectivity index (χ0n) is 17.0. The molecule has 0 saturated heterocycles. The predicted octanol–water partition coefficient (Wildman–Crippen LogP) is 5.23. The van der Waals surface area contributed by atoms with Gasteiger partial charge in [0.1, 0.15) is 17.6 Å². The quantitative estimate of drug-likeness (QED) is 0.238. The summed E-state index contributed by atoms with van der Waals surface area (Å²) in [7, 11) is 0. The van der Waals surface area contributed by atoms with Crippen LogP contribution in [0.25, 0.3) is 0 Å². The van der Waals surface area contributed by atoms with Gasteiger partial charge in [0.15, 0.2) is 0 Å². The first-order valence-corrected chi connectivity index (χ1v) is 10.4. The van der Waals surface area contributed by atoms with Crippen LogP contribution in [0.4, 0.5) is 0 Å². The van der Waals surface area contributed by atoms with E-state index in [1.165, 1.54) is 25.3 Å². The zero-order chi connectivity index (χ0) is 20.2. The molecule has 0 N–H and O–H groups in total. The fourth-order valence-corrected chi connectivity index (χ4v) is 3.28. The molecule has 1 fully saturated rings. The summed E-state index contributed by atoms with van der Waals surface area (Å²) in [5, 5.41) is 0. The van der Waals surface area contributed by atoms with Gasteiger partial charge in [0.25, 0.3) is 0 Å². The molecule has 0 aromatic heterocycles. The van der Waals surface area contributed by atoms with E-state index in [1.54, 1.807) is 25.1 Å². The number of hydrogen-bond donors (Lipinski definition) is 0.